The van der Waals surface area contributed by atoms with Crippen LogP contribution in [-0.4, -0.2) is 58.8 Å². The molecule has 0 spiro atoms. The topological polar surface area (TPSA) is 90.9 Å². The molecule has 0 bridgehead atoms. The van der Waals surface area contributed by atoms with E-state index in [1.54, 1.807) is 36.2 Å². The van der Waals surface area contributed by atoms with Crippen LogP contribution in [0.3, 0.4) is 0 Å². The van der Waals surface area contributed by atoms with Gasteiger partial charge in [-0.2, -0.15) is 8.42 Å². The molecule has 0 unspecified atom stereocenters. The first kappa shape index (κ1) is 18.4. The van der Waals surface area contributed by atoms with E-state index < -0.39 is 10.0 Å². The molecule has 0 saturated carbocycles. The van der Waals surface area contributed by atoms with Crippen molar-refractivity contribution in [1.29, 1.82) is 0 Å². The molecule has 132 valence electrons. The Morgan fingerprint density at radius 3 is 2.71 bits per heavy atom. The largest absolute Gasteiger partial charge is 0.358 e. The SMILES string of the molecule is CNCCCNC(=O)CCCN(C)C1=NS(=O)(=O)c2ccccc21. The first-order valence-electron chi connectivity index (χ1n) is 8.02. The van der Waals surface area contributed by atoms with Gasteiger partial charge in [-0.15, -0.1) is 4.40 Å². The summed E-state index contributed by atoms with van der Waals surface area (Å²) in [6.45, 7) is 2.09. The Bertz CT molecular complexity index is 716. The van der Waals surface area contributed by atoms with E-state index in [-0.39, 0.29) is 10.8 Å². The second kappa shape index (κ2) is 8.25. The lowest BCUT2D eigenvalue weighted by molar-refractivity contribution is -0.121. The van der Waals surface area contributed by atoms with Crippen molar-refractivity contribution in [3.8, 4) is 0 Å². The summed E-state index contributed by atoms with van der Waals surface area (Å²) in [6.07, 6.45) is 1.94. The highest BCUT2D eigenvalue weighted by atomic mass is 32.2. The van der Waals surface area contributed by atoms with Crippen LogP contribution in [-0.2, 0) is 14.8 Å². The van der Waals surface area contributed by atoms with Crippen molar-refractivity contribution in [3.05, 3.63) is 29.8 Å². The number of sulfonamides is 1. The first-order chi connectivity index (χ1) is 11.5. The Kier molecular flexibility index (Phi) is 6.33. The molecule has 0 radical (unpaired) electrons. The number of benzene rings is 1. The van der Waals surface area contributed by atoms with Crippen LogP contribution < -0.4 is 10.6 Å². The highest BCUT2D eigenvalue weighted by molar-refractivity contribution is 7.90. The monoisotopic (exact) mass is 352 g/mol. The Morgan fingerprint density at radius 1 is 1.21 bits per heavy atom. The van der Waals surface area contributed by atoms with E-state index in [2.05, 4.69) is 15.0 Å². The van der Waals surface area contributed by atoms with E-state index in [1.807, 2.05) is 7.05 Å². The van der Waals surface area contributed by atoms with Gasteiger partial charge in [-0.1, -0.05) is 12.1 Å². The third-order valence-electron chi connectivity index (χ3n) is 3.80. The van der Waals surface area contributed by atoms with Gasteiger partial charge < -0.3 is 15.5 Å². The zero-order valence-corrected chi connectivity index (χ0v) is 14.9. The van der Waals surface area contributed by atoms with Crippen molar-refractivity contribution in [2.24, 2.45) is 4.40 Å². The fourth-order valence-corrected chi connectivity index (χ4v) is 3.78. The predicted octanol–water partition coefficient (Wildman–Crippen LogP) is 0.573. The summed E-state index contributed by atoms with van der Waals surface area (Å²) in [6, 6.07) is 6.80. The Balaban J connectivity index is 1.84. The summed E-state index contributed by atoms with van der Waals surface area (Å²) in [4.78, 5) is 13.8. The van der Waals surface area contributed by atoms with E-state index in [0.717, 1.165) is 13.0 Å². The number of nitrogens with one attached hydrogen (secondary N) is 2. The van der Waals surface area contributed by atoms with E-state index in [4.69, 9.17) is 0 Å². The minimum Gasteiger partial charge on any atom is -0.358 e. The average Bonchev–Trinajstić information content (AvgIpc) is 2.84. The van der Waals surface area contributed by atoms with Crippen LogP contribution >= 0.6 is 0 Å². The quantitative estimate of drug-likeness (QED) is 0.668. The highest BCUT2D eigenvalue weighted by Crippen LogP contribution is 2.26. The van der Waals surface area contributed by atoms with Crippen LogP contribution in [0.1, 0.15) is 24.8 Å². The predicted molar refractivity (Wildman–Crippen MR) is 93.6 cm³/mol. The summed E-state index contributed by atoms with van der Waals surface area (Å²) in [5.41, 5.74) is 0.622. The van der Waals surface area contributed by atoms with Crippen LogP contribution in [0.25, 0.3) is 0 Å². The van der Waals surface area contributed by atoms with E-state index in [9.17, 15) is 13.2 Å². The van der Waals surface area contributed by atoms with Crippen LogP contribution in [0.2, 0.25) is 0 Å². The van der Waals surface area contributed by atoms with Gasteiger partial charge in [-0.05, 0) is 38.6 Å². The zero-order valence-electron chi connectivity index (χ0n) is 14.1. The van der Waals surface area contributed by atoms with Crippen molar-refractivity contribution in [1.82, 2.24) is 15.5 Å². The number of carbonyl (C=O) groups excluding carboxylic acids is 1. The minimum atomic E-state index is -3.60. The summed E-state index contributed by atoms with van der Waals surface area (Å²) in [5.74, 6) is 0.459. The van der Waals surface area contributed by atoms with Crippen molar-refractivity contribution >= 4 is 21.8 Å². The lowest BCUT2D eigenvalue weighted by atomic mass is 10.2. The lowest BCUT2D eigenvalue weighted by Gasteiger charge is -2.18. The smallest absolute Gasteiger partial charge is 0.285 e. The molecular weight excluding hydrogens is 328 g/mol. The normalized spacial score (nSPS) is 14.8. The minimum absolute atomic E-state index is 0.0147. The maximum absolute atomic E-state index is 12.0. The standard InChI is InChI=1S/C16H24N4O3S/c1-17-10-6-11-18-15(21)9-5-12-20(2)16-13-7-3-4-8-14(13)24(22,23)19-16/h3-4,7-8,17H,5-6,9-12H2,1-2H3,(H,18,21). The fourth-order valence-electron chi connectivity index (χ4n) is 2.53. The molecule has 1 aromatic carbocycles. The second-order valence-corrected chi connectivity index (χ2v) is 7.29. The van der Waals surface area contributed by atoms with Crippen LogP contribution in [0, 0.1) is 0 Å². The second-order valence-electron chi connectivity index (χ2n) is 5.72. The molecule has 0 saturated heterocycles. The summed E-state index contributed by atoms with van der Waals surface area (Å²) in [7, 11) is 0.0721. The average molecular weight is 352 g/mol. The lowest BCUT2D eigenvalue weighted by Crippen LogP contribution is -2.30. The molecule has 1 amide bonds. The number of amides is 1. The van der Waals surface area contributed by atoms with Gasteiger partial charge in [0, 0.05) is 32.1 Å². The number of nitrogens with zero attached hydrogens (tertiary/aromatic N) is 2. The first-order valence-corrected chi connectivity index (χ1v) is 9.46. The maximum Gasteiger partial charge on any atom is 0.285 e. The molecule has 8 heteroatoms. The Morgan fingerprint density at radius 2 is 1.96 bits per heavy atom. The molecule has 7 nitrogen and oxygen atoms in total. The molecule has 0 aromatic heterocycles. The summed E-state index contributed by atoms with van der Waals surface area (Å²) < 4.78 is 27.9. The Hall–Kier alpha value is -1.93. The van der Waals surface area contributed by atoms with Gasteiger partial charge in [-0.3, -0.25) is 4.79 Å². The van der Waals surface area contributed by atoms with E-state index >= 15 is 0 Å². The van der Waals surface area contributed by atoms with E-state index in [1.165, 1.54) is 0 Å². The summed E-state index contributed by atoms with van der Waals surface area (Å²) in [5, 5.41) is 5.89. The van der Waals surface area contributed by atoms with Crippen molar-refractivity contribution in [2.75, 3.05) is 33.7 Å². The molecule has 2 rings (SSSR count). The fraction of sp³-hybridized carbons (Fsp3) is 0.500. The molecule has 1 aliphatic rings. The molecular formula is C16H24N4O3S. The summed E-state index contributed by atoms with van der Waals surface area (Å²) >= 11 is 0. The molecule has 24 heavy (non-hydrogen) atoms. The van der Waals surface area contributed by atoms with Crippen molar-refractivity contribution in [3.63, 3.8) is 0 Å². The maximum atomic E-state index is 12.0. The van der Waals surface area contributed by atoms with Gasteiger partial charge >= 0.3 is 0 Å². The van der Waals surface area contributed by atoms with Gasteiger partial charge in [0.1, 0.15) is 10.7 Å². The van der Waals surface area contributed by atoms with Gasteiger partial charge in [0.05, 0.1) is 0 Å². The molecule has 1 aliphatic heterocycles. The molecule has 2 N–H and O–H groups in total. The number of hydrogen-bond acceptors (Lipinski definition) is 5. The van der Waals surface area contributed by atoms with Gasteiger partial charge in [-0.25, -0.2) is 0 Å². The van der Waals surface area contributed by atoms with E-state index in [0.29, 0.717) is 37.3 Å². The van der Waals surface area contributed by atoms with Gasteiger partial charge in [0.15, 0.2) is 0 Å². The third-order valence-corrected chi connectivity index (χ3v) is 5.12. The van der Waals surface area contributed by atoms with Crippen LogP contribution in [0.15, 0.2) is 33.6 Å². The number of hydrogen-bond donors (Lipinski definition) is 2. The zero-order chi connectivity index (χ0) is 17.6. The van der Waals surface area contributed by atoms with Crippen molar-refractivity contribution < 1.29 is 13.2 Å². The molecule has 1 aromatic rings. The van der Waals surface area contributed by atoms with Gasteiger partial charge in [0.25, 0.3) is 10.0 Å². The number of rotatable bonds is 8. The molecule has 0 atom stereocenters. The molecule has 1 heterocycles. The third kappa shape index (κ3) is 4.55. The van der Waals surface area contributed by atoms with Crippen LogP contribution in [0.4, 0.5) is 0 Å². The Labute approximate surface area is 143 Å². The highest BCUT2D eigenvalue weighted by Gasteiger charge is 2.30. The molecule has 0 aliphatic carbocycles. The molecule has 0 fully saturated rings. The van der Waals surface area contributed by atoms with Crippen molar-refractivity contribution in [2.45, 2.75) is 24.2 Å². The number of carbonyl (C=O) groups is 1. The van der Waals surface area contributed by atoms with Gasteiger partial charge in [0.2, 0.25) is 5.91 Å². The van der Waals surface area contributed by atoms with Crippen LogP contribution in [0.5, 0.6) is 0 Å². The number of amidine groups is 1. The number of fused-ring (bicyclic) bond motifs is 1.